The zero-order valence-corrected chi connectivity index (χ0v) is 14.9. The van der Waals surface area contributed by atoms with Crippen molar-refractivity contribution in [3.8, 4) is 6.07 Å². The maximum absolute atomic E-state index is 13.8. The summed E-state index contributed by atoms with van der Waals surface area (Å²) >= 11 is 0. The zero-order chi connectivity index (χ0) is 19.0. The molecule has 1 fully saturated rings. The van der Waals surface area contributed by atoms with Crippen molar-refractivity contribution in [1.29, 1.82) is 5.26 Å². The van der Waals surface area contributed by atoms with Crippen LogP contribution in [0, 0.1) is 23.2 Å². The van der Waals surface area contributed by atoms with Crippen LogP contribution in [-0.4, -0.2) is 28.2 Å². The Kier molecular flexibility index (Phi) is 4.08. The predicted octanol–water partition coefficient (Wildman–Crippen LogP) is 2.44. The molecule has 0 bridgehead atoms. The highest BCUT2D eigenvalue weighted by atomic mass is 16.2. The predicted molar refractivity (Wildman–Crippen MR) is 98.5 cm³/mol. The first-order valence-corrected chi connectivity index (χ1v) is 8.90. The van der Waals surface area contributed by atoms with Gasteiger partial charge in [0.1, 0.15) is 18.2 Å². The molecule has 1 aliphatic carbocycles. The summed E-state index contributed by atoms with van der Waals surface area (Å²) in [5.41, 5.74) is -0.200. The lowest BCUT2D eigenvalue weighted by Gasteiger charge is -2.49. The molecule has 27 heavy (non-hydrogen) atoms. The summed E-state index contributed by atoms with van der Waals surface area (Å²) in [7, 11) is 0. The number of carbonyl (C=O) groups is 2. The van der Waals surface area contributed by atoms with Crippen molar-refractivity contribution >= 4 is 17.5 Å². The monoisotopic (exact) mass is 358 g/mol. The van der Waals surface area contributed by atoms with Gasteiger partial charge in [0.25, 0.3) is 0 Å². The molecule has 3 atom stereocenters. The fourth-order valence-electron chi connectivity index (χ4n) is 4.40. The zero-order valence-electron chi connectivity index (χ0n) is 14.9. The van der Waals surface area contributed by atoms with Crippen LogP contribution in [0.25, 0.3) is 0 Å². The van der Waals surface area contributed by atoms with Crippen LogP contribution in [0.5, 0.6) is 0 Å². The SMILES string of the molecule is C[C@H]1C(=O)C(C#N)=C[C@@]2(c3ccccc3)C(=O)N(c3ccncn3)CC[C@H]12. The van der Waals surface area contributed by atoms with Gasteiger partial charge in [0.2, 0.25) is 5.91 Å². The molecule has 4 rings (SSSR count). The van der Waals surface area contributed by atoms with Gasteiger partial charge in [0.15, 0.2) is 5.78 Å². The molecule has 1 saturated heterocycles. The molecular formula is C21H18N4O2. The van der Waals surface area contributed by atoms with Gasteiger partial charge in [-0.1, -0.05) is 37.3 Å². The van der Waals surface area contributed by atoms with Gasteiger partial charge < -0.3 is 0 Å². The molecule has 2 aliphatic rings. The van der Waals surface area contributed by atoms with E-state index in [1.54, 1.807) is 23.2 Å². The number of anilines is 1. The van der Waals surface area contributed by atoms with Crippen LogP contribution in [-0.2, 0) is 15.0 Å². The maximum atomic E-state index is 13.8. The fourth-order valence-corrected chi connectivity index (χ4v) is 4.40. The molecule has 1 aliphatic heterocycles. The van der Waals surface area contributed by atoms with Crippen LogP contribution < -0.4 is 4.90 Å². The molecular weight excluding hydrogens is 340 g/mol. The molecule has 1 amide bonds. The number of fused-ring (bicyclic) bond motifs is 1. The highest BCUT2D eigenvalue weighted by Gasteiger charge is 2.56. The van der Waals surface area contributed by atoms with Crippen molar-refractivity contribution in [2.24, 2.45) is 11.8 Å². The number of nitrogens with zero attached hydrogens (tertiary/aromatic N) is 4. The Morgan fingerprint density at radius 1 is 1.22 bits per heavy atom. The van der Waals surface area contributed by atoms with Crippen LogP contribution >= 0.6 is 0 Å². The van der Waals surface area contributed by atoms with E-state index in [1.807, 2.05) is 43.3 Å². The first kappa shape index (κ1) is 17.1. The van der Waals surface area contributed by atoms with Crippen LogP contribution in [0.4, 0.5) is 5.82 Å². The molecule has 2 heterocycles. The smallest absolute Gasteiger partial charge is 0.243 e. The summed E-state index contributed by atoms with van der Waals surface area (Å²) in [6.45, 7) is 2.30. The van der Waals surface area contributed by atoms with Crippen LogP contribution in [0.3, 0.4) is 0 Å². The van der Waals surface area contributed by atoms with Gasteiger partial charge in [0, 0.05) is 18.7 Å². The molecule has 0 saturated carbocycles. The highest BCUT2D eigenvalue weighted by Crippen LogP contribution is 2.49. The normalized spacial score (nSPS) is 27.6. The molecule has 1 aromatic carbocycles. The van der Waals surface area contributed by atoms with E-state index in [0.717, 1.165) is 5.56 Å². The maximum Gasteiger partial charge on any atom is 0.243 e. The average Bonchev–Trinajstić information content (AvgIpc) is 2.72. The van der Waals surface area contributed by atoms with E-state index in [9.17, 15) is 14.9 Å². The van der Waals surface area contributed by atoms with E-state index in [1.165, 1.54) is 6.33 Å². The molecule has 6 heteroatoms. The summed E-state index contributed by atoms with van der Waals surface area (Å²) in [5.74, 6) is -0.412. The molecule has 134 valence electrons. The summed E-state index contributed by atoms with van der Waals surface area (Å²) in [6.07, 6.45) is 5.24. The number of hydrogen-bond acceptors (Lipinski definition) is 5. The Balaban J connectivity index is 1.94. The summed E-state index contributed by atoms with van der Waals surface area (Å²) in [6, 6.07) is 13.1. The van der Waals surface area contributed by atoms with Crippen LogP contribution in [0.1, 0.15) is 18.9 Å². The first-order valence-electron chi connectivity index (χ1n) is 8.90. The molecule has 0 N–H and O–H groups in total. The third-order valence-corrected chi connectivity index (χ3v) is 5.72. The number of Topliss-reactive ketones (excluding diaryl/α,β-unsaturated/α-hetero) is 1. The Bertz CT molecular complexity index is 965. The number of carbonyl (C=O) groups excluding carboxylic acids is 2. The molecule has 0 unspecified atom stereocenters. The van der Waals surface area contributed by atoms with Crippen molar-refractivity contribution < 1.29 is 9.59 Å². The molecule has 0 spiro atoms. The number of nitriles is 1. The van der Waals surface area contributed by atoms with Gasteiger partial charge in [0.05, 0.1) is 11.0 Å². The summed E-state index contributed by atoms with van der Waals surface area (Å²) in [4.78, 5) is 36.2. The topological polar surface area (TPSA) is 87.0 Å². The van der Waals surface area contributed by atoms with Gasteiger partial charge in [-0.05, 0) is 30.0 Å². The van der Waals surface area contributed by atoms with E-state index < -0.39 is 11.3 Å². The van der Waals surface area contributed by atoms with E-state index in [-0.39, 0.29) is 23.2 Å². The van der Waals surface area contributed by atoms with E-state index in [4.69, 9.17) is 0 Å². The minimum atomic E-state index is -1.05. The Morgan fingerprint density at radius 3 is 2.67 bits per heavy atom. The minimum absolute atomic E-state index is 0.0560. The van der Waals surface area contributed by atoms with Gasteiger partial charge in [-0.3, -0.25) is 14.5 Å². The second kappa shape index (κ2) is 6.44. The quantitative estimate of drug-likeness (QED) is 0.823. The van der Waals surface area contributed by atoms with Crippen molar-refractivity contribution in [2.75, 3.05) is 11.4 Å². The molecule has 6 nitrogen and oxygen atoms in total. The lowest BCUT2D eigenvalue weighted by molar-refractivity contribution is -0.130. The van der Waals surface area contributed by atoms with Crippen molar-refractivity contribution in [1.82, 2.24) is 9.97 Å². The van der Waals surface area contributed by atoms with Gasteiger partial charge in [-0.2, -0.15) is 5.26 Å². The number of rotatable bonds is 2. The Labute approximate surface area is 157 Å². The van der Waals surface area contributed by atoms with Crippen molar-refractivity contribution in [3.63, 3.8) is 0 Å². The second-order valence-corrected chi connectivity index (χ2v) is 6.98. The second-order valence-electron chi connectivity index (χ2n) is 6.98. The van der Waals surface area contributed by atoms with Crippen LogP contribution in [0.15, 0.2) is 60.6 Å². The third kappa shape index (κ3) is 2.47. The Morgan fingerprint density at radius 2 is 2.00 bits per heavy atom. The number of ketones is 1. The van der Waals surface area contributed by atoms with E-state index in [0.29, 0.717) is 18.8 Å². The van der Waals surface area contributed by atoms with Crippen molar-refractivity contribution in [2.45, 2.75) is 18.8 Å². The average molecular weight is 358 g/mol. The van der Waals surface area contributed by atoms with Gasteiger partial charge >= 0.3 is 0 Å². The lowest BCUT2D eigenvalue weighted by atomic mass is 9.57. The van der Waals surface area contributed by atoms with E-state index >= 15 is 0 Å². The summed E-state index contributed by atoms with van der Waals surface area (Å²) in [5, 5.41) is 9.52. The van der Waals surface area contributed by atoms with E-state index in [2.05, 4.69) is 9.97 Å². The van der Waals surface area contributed by atoms with Gasteiger partial charge in [-0.25, -0.2) is 9.97 Å². The standard InChI is InChI=1S/C21H18N4O2/c1-14-17-8-10-25(18-7-9-23-13-24-18)20(27)21(17,11-15(12-22)19(14)26)16-5-3-2-4-6-16/h2-7,9,11,13-14,17H,8,10H2,1H3/t14-,17-,21+/m1/s1. The third-order valence-electron chi connectivity index (χ3n) is 5.72. The first-order chi connectivity index (χ1) is 13.1. The molecule has 2 aromatic rings. The fraction of sp³-hybridized carbons (Fsp3) is 0.286. The van der Waals surface area contributed by atoms with Crippen molar-refractivity contribution in [3.05, 3.63) is 66.1 Å². The lowest BCUT2D eigenvalue weighted by Crippen LogP contribution is -2.60. The minimum Gasteiger partial charge on any atom is -0.296 e. The number of hydrogen-bond donors (Lipinski definition) is 0. The molecule has 1 aromatic heterocycles. The number of aromatic nitrogens is 2. The summed E-state index contributed by atoms with van der Waals surface area (Å²) < 4.78 is 0. The number of allylic oxidation sites excluding steroid dienone is 1. The Hall–Kier alpha value is -3.33. The number of piperidine rings is 1. The highest BCUT2D eigenvalue weighted by molar-refractivity contribution is 6.09. The van der Waals surface area contributed by atoms with Gasteiger partial charge in [-0.15, -0.1) is 0 Å². The largest absolute Gasteiger partial charge is 0.296 e. The number of amides is 1. The number of benzene rings is 1. The molecule has 0 radical (unpaired) electrons. The van der Waals surface area contributed by atoms with Crippen LogP contribution in [0.2, 0.25) is 0 Å².